The van der Waals surface area contributed by atoms with E-state index in [-0.39, 0.29) is 23.9 Å². The van der Waals surface area contributed by atoms with Crippen molar-refractivity contribution in [3.8, 4) is 0 Å². The smallest absolute Gasteiger partial charge is 0.245 e. The Hall–Kier alpha value is -1.06. The van der Waals surface area contributed by atoms with E-state index in [0.717, 1.165) is 18.8 Å². The molecule has 100 valence electrons. The Balaban J connectivity index is 1.86. The maximum atomic E-state index is 12.4. The summed E-state index contributed by atoms with van der Waals surface area (Å²) in [7, 11) is 0. The SMILES string of the molecule is CCC1C(=O)NC(C)C(=O)N1C1CC2CCC1C2. The highest BCUT2D eigenvalue weighted by molar-refractivity contribution is 5.96. The third kappa shape index (κ3) is 1.65. The molecule has 0 spiro atoms. The van der Waals surface area contributed by atoms with Crippen molar-refractivity contribution in [2.75, 3.05) is 0 Å². The van der Waals surface area contributed by atoms with Gasteiger partial charge in [-0.25, -0.2) is 0 Å². The molecule has 4 nitrogen and oxygen atoms in total. The molecule has 1 heterocycles. The Kier molecular flexibility index (Phi) is 2.83. The number of hydrogen-bond donors (Lipinski definition) is 1. The fourth-order valence-electron chi connectivity index (χ4n) is 4.20. The van der Waals surface area contributed by atoms with Gasteiger partial charge >= 0.3 is 0 Å². The van der Waals surface area contributed by atoms with Gasteiger partial charge in [0.2, 0.25) is 11.8 Å². The van der Waals surface area contributed by atoms with Crippen molar-refractivity contribution in [3.05, 3.63) is 0 Å². The van der Waals surface area contributed by atoms with Gasteiger partial charge in [0.25, 0.3) is 0 Å². The molecule has 1 aliphatic heterocycles. The van der Waals surface area contributed by atoms with Crippen LogP contribution < -0.4 is 5.32 Å². The number of rotatable bonds is 2. The van der Waals surface area contributed by atoms with Crippen molar-refractivity contribution in [2.24, 2.45) is 11.8 Å². The number of nitrogens with one attached hydrogen (secondary N) is 1. The number of carbonyl (C=O) groups excluding carboxylic acids is 2. The zero-order valence-electron chi connectivity index (χ0n) is 11.2. The number of fused-ring (bicyclic) bond motifs is 2. The van der Waals surface area contributed by atoms with Crippen LogP contribution in [0.25, 0.3) is 0 Å². The van der Waals surface area contributed by atoms with Crippen LogP contribution in [0.4, 0.5) is 0 Å². The minimum atomic E-state index is -0.348. The van der Waals surface area contributed by atoms with Crippen LogP contribution in [0.5, 0.6) is 0 Å². The lowest BCUT2D eigenvalue weighted by Crippen LogP contribution is -2.65. The number of hydrogen-bond acceptors (Lipinski definition) is 2. The Bertz CT molecular complexity index is 382. The van der Waals surface area contributed by atoms with Crippen LogP contribution >= 0.6 is 0 Å². The second-order valence-corrected chi connectivity index (χ2v) is 6.14. The highest BCUT2D eigenvalue weighted by atomic mass is 16.2. The van der Waals surface area contributed by atoms with Crippen molar-refractivity contribution >= 4 is 11.8 Å². The summed E-state index contributed by atoms with van der Waals surface area (Å²) in [6.45, 7) is 3.79. The zero-order valence-corrected chi connectivity index (χ0v) is 11.2. The molecule has 2 amide bonds. The van der Waals surface area contributed by atoms with Gasteiger partial charge in [0.1, 0.15) is 12.1 Å². The third-order valence-corrected chi connectivity index (χ3v) is 5.07. The van der Waals surface area contributed by atoms with Gasteiger partial charge in [-0.15, -0.1) is 0 Å². The quantitative estimate of drug-likeness (QED) is 0.803. The van der Waals surface area contributed by atoms with Gasteiger partial charge in [0.15, 0.2) is 0 Å². The minimum absolute atomic E-state index is 0.0346. The molecule has 1 saturated heterocycles. The molecule has 0 aromatic heterocycles. The predicted molar refractivity (Wildman–Crippen MR) is 67.8 cm³/mol. The van der Waals surface area contributed by atoms with Gasteiger partial charge in [0, 0.05) is 6.04 Å². The van der Waals surface area contributed by atoms with Crippen molar-refractivity contribution in [1.29, 1.82) is 0 Å². The van der Waals surface area contributed by atoms with Crippen LogP contribution in [0, 0.1) is 11.8 Å². The van der Waals surface area contributed by atoms with Gasteiger partial charge in [-0.05, 0) is 44.4 Å². The molecule has 2 saturated carbocycles. The first-order valence-electron chi connectivity index (χ1n) is 7.24. The summed E-state index contributed by atoms with van der Waals surface area (Å²) in [5, 5.41) is 2.80. The molecule has 3 aliphatic rings. The number of carbonyl (C=O) groups is 2. The number of piperazine rings is 1. The maximum Gasteiger partial charge on any atom is 0.245 e. The fraction of sp³-hybridized carbons (Fsp3) is 0.857. The van der Waals surface area contributed by atoms with Gasteiger partial charge in [-0.3, -0.25) is 9.59 Å². The molecular weight excluding hydrogens is 228 g/mol. The molecule has 2 bridgehead atoms. The summed E-state index contributed by atoms with van der Waals surface area (Å²) in [5.41, 5.74) is 0. The average Bonchev–Trinajstić information content (AvgIpc) is 2.95. The molecule has 1 N–H and O–H groups in total. The fourth-order valence-corrected chi connectivity index (χ4v) is 4.20. The Morgan fingerprint density at radius 1 is 1.28 bits per heavy atom. The molecule has 4 heteroatoms. The first kappa shape index (κ1) is 12.0. The molecule has 0 radical (unpaired) electrons. The van der Waals surface area contributed by atoms with E-state index in [0.29, 0.717) is 12.0 Å². The summed E-state index contributed by atoms with van der Waals surface area (Å²) in [6.07, 6.45) is 5.67. The van der Waals surface area contributed by atoms with E-state index in [1.54, 1.807) is 6.92 Å². The van der Waals surface area contributed by atoms with Gasteiger partial charge in [0.05, 0.1) is 0 Å². The van der Waals surface area contributed by atoms with Crippen LogP contribution in [0.15, 0.2) is 0 Å². The number of nitrogens with zero attached hydrogens (tertiary/aromatic N) is 1. The van der Waals surface area contributed by atoms with E-state index < -0.39 is 0 Å². The predicted octanol–water partition coefficient (Wildman–Crippen LogP) is 1.30. The van der Waals surface area contributed by atoms with E-state index in [1.165, 1.54) is 19.3 Å². The number of amides is 2. The Morgan fingerprint density at radius 2 is 2.06 bits per heavy atom. The first-order valence-corrected chi connectivity index (χ1v) is 7.24. The summed E-state index contributed by atoms with van der Waals surface area (Å²) in [4.78, 5) is 26.4. The van der Waals surface area contributed by atoms with E-state index in [4.69, 9.17) is 0 Å². The second-order valence-electron chi connectivity index (χ2n) is 6.14. The van der Waals surface area contributed by atoms with Gasteiger partial charge in [-0.2, -0.15) is 0 Å². The topological polar surface area (TPSA) is 49.4 Å². The maximum absolute atomic E-state index is 12.4. The van der Waals surface area contributed by atoms with Crippen LogP contribution in [-0.4, -0.2) is 34.8 Å². The van der Waals surface area contributed by atoms with Crippen molar-refractivity contribution in [2.45, 2.75) is 64.1 Å². The van der Waals surface area contributed by atoms with Gasteiger partial charge in [-0.1, -0.05) is 13.3 Å². The monoisotopic (exact) mass is 250 g/mol. The average molecular weight is 250 g/mol. The lowest BCUT2D eigenvalue weighted by Gasteiger charge is -2.44. The van der Waals surface area contributed by atoms with E-state index in [1.807, 2.05) is 11.8 Å². The first-order chi connectivity index (χ1) is 8.61. The third-order valence-electron chi connectivity index (χ3n) is 5.07. The van der Waals surface area contributed by atoms with Crippen molar-refractivity contribution in [3.63, 3.8) is 0 Å². The minimum Gasteiger partial charge on any atom is -0.343 e. The molecule has 3 rings (SSSR count). The molecule has 3 fully saturated rings. The van der Waals surface area contributed by atoms with Crippen LogP contribution in [0.1, 0.15) is 46.0 Å². The lowest BCUT2D eigenvalue weighted by molar-refractivity contribution is -0.153. The van der Waals surface area contributed by atoms with E-state index in [2.05, 4.69) is 5.32 Å². The van der Waals surface area contributed by atoms with Gasteiger partial charge < -0.3 is 10.2 Å². The molecule has 18 heavy (non-hydrogen) atoms. The summed E-state index contributed by atoms with van der Waals surface area (Å²) < 4.78 is 0. The largest absolute Gasteiger partial charge is 0.343 e. The van der Waals surface area contributed by atoms with Crippen molar-refractivity contribution in [1.82, 2.24) is 10.2 Å². The molecule has 0 aromatic carbocycles. The molecule has 2 aliphatic carbocycles. The van der Waals surface area contributed by atoms with E-state index >= 15 is 0 Å². The highest BCUT2D eigenvalue weighted by Gasteiger charge is 2.49. The highest BCUT2D eigenvalue weighted by Crippen LogP contribution is 2.47. The Morgan fingerprint density at radius 3 is 2.61 bits per heavy atom. The standard InChI is InChI=1S/C14H22N2O2/c1-3-11-13(17)15-8(2)14(18)16(11)12-7-9-4-5-10(12)6-9/h8-12H,3-7H2,1-2H3,(H,15,17). The summed E-state index contributed by atoms with van der Waals surface area (Å²) in [6, 6.07) is -0.257. The van der Waals surface area contributed by atoms with Crippen LogP contribution in [0.3, 0.4) is 0 Å². The second kappa shape index (κ2) is 4.25. The lowest BCUT2D eigenvalue weighted by atomic mass is 9.90. The summed E-state index contributed by atoms with van der Waals surface area (Å²) in [5.74, 6) is 1.60. The summed E-state index contributed by atoms with van der Waals surface area (Å²) >= 11 is 0. The van der Waals surface area contributed by atoms with E-state index in [9.17, 15) is 9.59 Å². The van der Waals surface area contributed by atoms with Crippen molar-refractivity contribution < 1.29 is 9.59 Å². The zero-order chi connectivity index (χ0) is 12.9. The van der Waals surface area contributed by atoms with Crippen LogP contribution in [-0.2, 0) is 9.59 Å². The van der Waals surface area contributed by atoms with Crippen LogP contribution in [0.2, 0.25) is 0 Å². The molecule has 5 unspecified atom stereocenters. The normalized spacial score (nSPS) is 43.4. The molecule has 0 aromatic rings. The Labute approximate surface area is 108 Å². The molecular formula is C14H22N2O2. The molecule has 5 atom stereocenters.